The van der Waals surface area contributed by atoms with Crippen LogP contribution in [0.4, 0.5) is 5.69 Å². The van der Waals surface area contributed by atoms with Gasteiger partial charge in [0.2, 0.25) is 0 Å². The molecule has 96 valence electrons. The number of primary amides is 1. The summed E-state index contributed by atoms with van der Waals surface area (Å²) in [5, 5.41) is 9.20. The molecule has 0 aliphatic carbocycles. The van der Waals surface area contributed by atoms with E-state index in [1.807, 2.05) is 4.90 Å². The number of carboxylic acid groups (broad SMARTS) is 1. The summed E-state index contributed by atoms with van der Waals surface area (Å²) in [7, 11) is 0. The Balaban J connectivity index is 2.13. The van der Waals surface area contributed by atoms with Crippen LogP contribution in [0, 0.1) is 5.92 Å². The molecule has 1 saturated heterocycles. The van der Waals surface area contributed by atoms with E-state index in [1.54, 1.807) is 18.2 Å². The van der Waals surface area contributed by atoms with Gasteiger partial charge in [0.1, 0.15) is 0 Å². The molecular formula is C12H13ClN2O3. The van der Waals surface area contributed by atoms with E-state index in [1.165, 1.54) is 0 Å². The third kappa shape index (κ3) is 2.56. The first-order valence-corrected chi connectivity index (χ1v) is 5.91. The number of amides is 1. The lowest BCUT2D eigenvalue weighted by Crippen LogP contribution is -2.48. The van der Waals surface area contributed by atoms with Gasteiger partial charge >= 0.3 is 5.97 Å². The third-order valence-corrected chi connectivity index (χ3v) is 3.22. The Morgan fingerprint density at radius 1 is 1.44 bits per heavy atom. The topological polar surface area (TPSA) is 83.6 Å². The molecule has 0 bridgehead atoms. The number of benzene rings is 1. The predicted octanol–water partition coefficient (Wildman–Crippen LogP) is 1.35. The molecule has 0 aromatic heterocycles. The van der Waals surface area contributed by atoms with E-state index >= 15 is 0 Å². The Morgan fingerprint density at radius 3 is 2.67 bits per heavy atom. The zero-order valence-electron chi connectivity index (χ0n) is 9.60. The van der Waals surface area contributed by atoms with Crippen molar-refractivity contribution in [3.05, 3.63) is 28.8 Å². The van der Waals surface area contributed by atoms with Gasteiger partial charge in [0, 0.05) is 24.0 Å². The van der Waals surface area contributed by atoms with Crippen LogP contribution in [0.15, 0.2) is 18.2 Å². The van der Waals surface area contributed by atoms with Gasteiger partial charge in [-0.3, -0.25) is 9.59 Å². The van der Waals surface area contributed by atoms with Crippen LogP contribution in [0.25, 0.3) is 0 Å². The molecule has 1 amide bonds. The van der Waals surface area contributed by atoms with Crippen LogP contribution in [0.1, 0.15) is 16.8 Å². The summed E-state index contributed by atoms with van der Waals surface area (Å²) in [5.74, 6) is -1.20. The van der Waals surface area contributed by atoms with E-state index in [-0.39, 0.29) is 12.3 Å². The van der Waals surface area contributed by atoms with Gasteiger partial charge in [0.05, 0.1) is 17.7 Å². The molecule has 6 heteroatoms. The fourth-order valence-electron chi connectivity index (χ4n) is 2.12. The van der Waals surface area contributed by atoms with Crippen molar-refractivity contribution in [2.24, 2.45) is 11.7 Å². The van der Waals surface area contributed by atoms with Crippen LogP contribution in [0.2, 0.25) is 5.02 Å². The average molecular weight is 269 g/mol. The standard InChI is InChI=1S/C12H13ClN2O3/c13-8-1-2-9(12(14)18)10(4-8)15-5-7(6-15)3-11(16)17/h1-2,4,7H,3,5-6H2,(H2,14,18)(H,16,17). The average Bonchev–Trinajstić information content (AvgIpc) is 2.21. The van der Waals surface area contributed by atoms with E-state index in [9.17, 15) is 9.59 Å². The number of hydrogen-bond donors (Lipinski definition) is 2. The monoisotopic (exact) mass is 268 g/mol. The van der Waals surface area contributed by atoms with Crippen molar-refractivity contribution in [2.45, 2.75) is 6.42 Å². The number of anilines is 1. The molecule has 1 heterocycles. The van der Waals surface area contributed by atoms with Gasteiger partial charge in [-0.25, -0.2) is 0 Å². The minimum absolute atomic E-state index is 0.113. The van der Waals surface area contributed by atoms with Gasteiger partial charge in [-0.05, 0) is 18.2 Å². The van der Waals surface area contributed by atoms with Gasteiger partial charge in [-0.2, -0.15) is 0 Å². The Hall–Kier alpha value is -1.75. The molecule has 1 aromatic carbocycles. The molecule has 5 nitrogen and oxygen atoms in total. The highest BCUT2D eigenvalue weighted by Crippen LogP contribution is 2.31. The van der Waals surface area contributed by atoms with Crippen LogP contribution < -0.4 is 10.6 Å². The third-order valence-electron chi connectivity index (χ3n) is 2.99. The fraction of sp³-hybridized carbons (Fsp3) is 0.333. The van der Waals surface area contributed by atoms with Crippen LogP contribution >= 0.6 is 11.6 Å². The second-order valence-electron chi connectivity index (χ2n) is 4.39. The summed E-state index contributed by atoms with van der Waals surface area (Å²) >= 11 is 5.89. The van der Waals surface area contributed by atoms with Crippen molar-refractivity contribution in [3.8, 4) is 0 Å². The fourth-order valence-corrected chi connectivity index (χ4v) is 2.28. The highest BCUT2D eigenvalue weighted by molar-refractivity contribution is 6.31. The van der Waals surface area contributed by atoms with Crippen LogP contribution in [-0.4, -0.2) is 30.1 Å². The van der Waals surface area contributed by atoms with Gasteiger partial charge in [-0.15, -0.1) is 0 Å². The number of nitrogens with zero attached hydrogens (tertiary/aromatic N) is 1. The second kappa shape index (κ2) is 4.86. The number of carbonyl (C=O) groups excluding carboxylic acids is 1. The summed E-state index contributed by atoms with van der Waals surface area (Å²) in [4.78, 5) is 23.8. The van der Waals surface area contributed by atoms with E-state index in [4.69, 9.17) is 22.4 Å². The number of carbonyl (C=O) groups is 2. The molecule has 0 spiro atoms. The molecule has 0 radical (unpaired) electrons. The predicted molar refractivity (Wildman–Crippen MR) is 67.9 cm³/mol. The van der Waals surface area contributed by atoms with Crippen LogP contribution in [-0.2, 0) is 4.79 Å². The maximum Gasteiger partial charge on any atom is 0.303 e. The number of hydrogen-bond acceptors (Lipinski definition) is 3. The Morgan fingerprint density at radius 2 is 2.11 bits per heavy atom. The molecule has 0 unspecified atom stereocenters. The van der Waals surface area contributed by atoms with E-state index in [2.05, 4.69) is 0 Å². The van der Waals surface area contributed by atoms with Crippen molar-refractivity contribution in [2.75, 3.05) is 18.0 Å². The van der Waals surface area contributed by atoms with Crippen molar-refractivity contribution in [3.63, 3.8) is 0 Å². The number of rotatable bonds is 4. The van der Waals surface area contributed by atoms with E-state index in [0.29, 0.717) is 29.4 Å². The number of carboxylic acids is 1. The zero-order valence-corrected chi connectivity index (χ0v) is 10.4. The molecule has 0 saturated carbocycles. The second-order valence-corrected chi connectivity index (χ2v) is 4.83. The summed E-state index contributed by atoms with van der Waals surface area (Å²) in [6.07, 6.45) is 0.142. The first-order valence-electron chi connectivity index (χ1n) is 5.53. The summed E-state index contributed by atoms with van der Waals surface area (Å²) in [6.45, 7) is 1.21. The Kier molecular flexibility index (Phi) is 3.43. The molecule has 1 aliphatic rings. The van der Waals surface area contributed by atoms with Gasteiger partial charge < -0.3 is 15.7 Å². The highest BCUT2D eigenvalue weighted by Gasteiger charge is 2.30. The molecule has 1 fully saturated rings. The van der Waals surface area contributed by atoms with Crippen molar-refractivity contribution in [1.82, 2.24) is 0 Å². The maximum atomic E-state index is 11.3. The molecule has 18 heavy (non-hydrogen) atoms. The summed E-state index contributed by atoms with van der Waals surface area (Å²) in [5.41, 5.74) is 6.38. The number of nitrogens with two attached hydrogens (primary N) is 1. The lowest BCUT2D eigenvalue weighted by molar-refractivity contribution is -0.138. The van der Waals surface area contributed by atoms with Gasteiger partial charge in [0.15, 0.2) is 0 Å². The largest absolute Gasteiger partial charge is 0.481 e. The Bertz CT molecular complexity index is 498. The molecule has 3 N–H and O–H groups in total. The SMILES string of the molecule is NC(=O)c1ccc(Cl)cc1N1CC(CC(=O)O)C1. The van der Waals surface area contributed by atoms with Gasteiger partial charge in [-0.1, -0.05) is 11.6 Å². The zero-order chi connectivity index (χ0) is 13.3. The van der Waals surface area contributed by atoms with E-state index < -0.39 is 11.9 Å². The first-order chi connectivity index (χ1) is 8.47. The maximum absolute atomic E-state index is 11.3. The molecule has 1 aliphatic heterocycles. The normalized spacial score (nSPS) is 15.3. The minimum Gasteiger partial charge on any atom is -0.481 e. The van der Waals surface area contributed by atoms with Crippen molar-refractivity contribution >= 4 is 29.2 Å². The molecule has 0 atom stereocenters. The van der Waals surface area contributed by atoms with Gasteiger partial charge in [0.25, 0.3) is 5.91 Å². The Labute approximate surface area is 109 Å². The van der Waals surface area contributed by atoms with E-state index in [0.717, 1.165) is 0 Å². The molecular weight excluding hydrogens is 256 g/mol. The smallest absolute Gasteiger partial charge is 0.303 e. The lowest BCUT2D eigenvalue weighted by Gasteiger charge is -2.41. The van der Waals surface area contributed by atoms with Crippen molar-refractivity contribution in [1.29, 1.82) is 0 Å². The number of aliphatic carboxylic acids is 1. The van der Waals surface area contributed by atoms with Crippen molar-refractivity contribution < 1.29 is 14.7 Å². The minimum atomic E-state index is -0.805. The molecule has 2 rings (SSSR count). The quantitative estimate of drug-likeness (QED) is 0.863. The number of halogens is 1. The molecule has 1 aromatic rings. The van der Waals surface area contributed by atoms with Crippen LogP contribution in [0.5, 0.6) is 0 Å². The van der Waals surface area contributed by atoms with Crippen LogP contribution in [0.3, 0.4) is 0 Å². The summed E-state index contributed by atoms with van der Waals surface area (Å²) in [6, 6.07) is 4.88. The highest BCUT2D eigenvalue weighted by atomic mass is 35.5. The lowest BCUT2D eigenvalue weighted by atomic mass is 9.94. The summed E-state index contributed by atoms with van der Waals surface area (Å²) < 4.78 is 0. The first kappa shape index (κ1) is 12.7.